The fourth-order valence-corrected chi connectivity index (χ4v) is 9.34. The van der Waals surface area contributed by atoms with Crippen molar-refractivity contribution in [2.45, 2.75) is 56.3 Å². The van der Waals surface area contributed by atoms with Crippen LogP contribution in [0.25, 0.3) is 0 Å². The number of aryl methyl sites for hydroxylation is 2. The summed E-state index contributed by atoms with van der Waals surface area (Å²) in [6.07, 6.45) is -14.0. The minimum atomic E-state index is -4.84. The average Bonchev–Trinajstić information content (AvgIpc) is 3.37. The summed E-state index contributed by atoms with van der Waals surface area (Å²) in [5.74, 6) is -1.93. The highest BCUT2D eigenvalue weighted by Gasteiger charge is 2.38. The van der Waals surface area contributed by atoms with Crippen LogP contribution in [0.2, 0.25) is 20.1 Å². The summed E-state index contributed by atoms with van der Waals surface area (Å²) in [6, 6.07) is 40.7. The molecule has 0 aliphatic heterocycles. The van der Waals surface area contributed by atoms with E-state index in [1.54, 1.807) is 72.8 Å². The van der Waals surface area contributed by atoms with E-state index < -0.39 is 69.0 Å². The van der Waals surface area contributed by atoms with Crippen LogP contribution in [0.15, 0.2) is 146 Å². The van der Waals surface area contributed by atoms with Crippen molar-refractivity contribution in [3.05, 3.63) is 199 Å². The first-order chi connectivity index (χ1) is 35.9. The van der Waals surface area contributed by atoms with Crippen LogP contribution in [0, 0.1) is 0 Å². The van der Waals surface area contributed by atoms with E-state index >= 15 is 0 Å². The number of alkyl halides is 6. The van der Waals surface area contributed by atoms with E-state index in [-0.39, 0.29) is 62.3 Å². The van der Waals surface area contributed by atoms with Gasteiger partial charge in [0.05, 0.1) is 36.2 Å². The summed E-state index contributed by atoms with van der Waals surface area (Å²) < 4.78 is 147. The number of ketones is 1. The molecule has 0 bridgehead atoms. The molecule has 0 saturated carbocycles. The summed E-state index contributed by atoms with van der Waals surface area (Å²) >= 11 is 24.0. The van der Waals surface area contributed by atoms with E-state index in [9.17, 15) is 48.0 Å². The lowest BCUT2D eigenvalue weighted by Crippen LogP contribution is -2.28. The molecule has 0 aliphatic carbocycles. The number of ether oxygens (including phenoxy) is 4. The number of hydrogen-bond acceptors (Lipinski definition) is 10. The third-order valence-corrected chi connectivity index (χ3v) is 15.4. The number of halogens is 10. The molecule has 6 aromatic rings. The van der Waals surface area contributed by atoms with E-state index in [4.69, 9.17) is 70.5 Å². The van der Waals surface area contributed by atoms with Gasteiger partial charge >= 0.3 is 12.4 Å². The van der Waals surface area contributed by atoms with Gasteiger partial charge in [0.1, 0.15) is 43.0 Å². The van der Waals surface area contributed by atoms with Crippen molar-refractivity contribution in [2.75, 3.05) is 49.4 Å². The van der Waals surface area contributed by atoms with Gasteiger partial charge in [-0.3, -0.25) is 4.79 Å². The zero-order valence-corrected chi connectivity index (χ0v) is 44.9. The smallest absolute Gasteiger partial charge is 0.449 e. The van der Waals surface area contributed by atoms with E-state index in [0.717, 1.165) is 22.3 Å². The number of benzene rings is 6. The third-order valence-electron chi connectivity index (χ3n) is 11.3. The standard InChI is InChI=1S/C27H27Cl2F3O5S.C27H25Cl2F3O5S/c2*28-22-8-4-20(5-9-22)26(21-6-10-23(29)11-7-21)37-16-18-38(34,35)17-15-36-24-12-1-19(2-13-24)3-14-25(33)27(30,31)32/h1-2,4-13,25-26,33H,3,14-18H2;1-2,4-13,26H,3,14-18H2. The van der Waals surface area contributed by atoms with Crippen LogP contribution in [-0.4, -0.2) is 95.6 Å². The lowest BCUT2D eigenvalue weighted by Gasteiger charge is -2.19. The molecule has 1 atom stereocenters. The van der Waals surface area contributed by atoms with Gasteiger partial charge in [0.15, 0.2) is 19.7 Å². The largest absolute Gasteiger partial charge is 0.493 e. The summed E-state index contributed by atoms with van der Waals surface area (Å²) in [5.41, 5.74) is 4.38. The molecular formula is C54H52Cl4F6O10S2. The third kappa shape index (κ3) is 21.9. The predicted octanol–water partition coefficient (Wildman–Crippen LogP) is 13.1. The van der Waals surface area contributed by atoms with Gasteiger partial charge in [-0.25, -0.2) is 16.8 Å². The second kappa shape index (κ2) is 29.2. The Hall–Kier alpha value is -4.89. The second-order valence-electron chi connectivity index (χ2n) is 17.0. The number of sulfone groups is 2. The van der Waals surface area contributed by atoms with Gasteiger partial charge in [-0.05, 0) is 125 Å². The first-order valence-corrected chi connectivity index (χ1v) is 28.5. The highest BCUT2D eigenvalue weighted by atomic mass is 35.5. The first kappa shape index (κ1) is 62.0. The van der Waals surface area contributed by atoms with Gasteiger partial charge in [-0.2, -0.15) is 26.3 Å². The number of carbonyl (C=O) groups is 1. The van der Waals surface area contributed by atoms with Crippen molar-refractivity contribution in [2.24, 2.45) is 0 Å². The Bertz CT molecular complexity index is 2860. The first-order valence-electron chi connectivity index (χ1n) is 23.3. The number of hydrogen-bond donors (Lipinski definition) is 1. The molecule has 6 rings (SSSR count). The van der Waals surface area contributed by atoms with Gasteiger partial charge in [-0.15, -0.1) is 0 Å². The van der Waals surface area contributed by atoms with Crippen LogP contribution in [0.3, 0.4) is 0 Å². The van der Waals surface area contributed by atoms with Crippen molar-refractivity contribution in [1.29, 1.82) is 0 Å². The lowest BCUT2D eigenvalue weighted by molar-refractivity contribution is -0.205. The molecule has 1 unspecified atom stereocenters. The Kier molecular flexibility index (Phi) is 23.8. The van der Waals surface area contributed by atoms with E-state index in [1.807, 2.05) is 48.5 Å². The van der Waals surface area contributed by atoms with Gasteiger partial charge in [0.25, 0.3) is 0 Å². The molecule has 0 spiro atoms. The molecule has 0 heterocycles. The van der Waals surface area contributed by atoms with Gasteiger partial charge < -0.3 is 24.1 Å². The molecule has 0 amide bonds. The Morgan fingerprint density at radius 1 is 0.461 bits per heavy atom. The zero-order valence-electron chi connectivity index (χ0n) is 40.3. The molecule has 0 radical (unpaired) electrons. The van der Waals surface area contributed by atoms with Gasteiger partial charge in [0.2, 0.25) is 5.78 Å². The monoisotopic (exact) mass is 1180 g/mol. The van der Waals surface area contributed by atoms with Crippen LogP contribution in [0.4, 0.5) is 26.3 Å². The Morgan fingerprint density at radius 3 is 1.07 bits per heavy atom. The fraction of sp³-hybridized carbons (Fsp3) is 0.315. The summed E-state index contributed by atoms with van der Waals surface area (Å²) in [4.78, 5) is 11.0. The summed E-state index contributed by atoms with van der Waals surface area (Å²) in [7, 11) is -6.99. The molecule has 0 fully saturated rings. The Balaban J connectivity index is 0.000000281. The van der Waals surface area contributed by atoms with E-state index in [2.05, 4.69) is 0 Å². The molecule has 0 saturated heterocycles. The number of Topliss-reactive ketones (excluding diaryl/α,β-unsaturated/α-hetero) is 1. The summed E-state index contributed by atoms with van der Waals surface area (Å²) in [6.45, 7) is -0.293. The predicted molar refractivity (Wildman–Crippen MR) is 282 cm³/mol. The molecule has 10 nitrogen and oxygen atoms in total. The van der Waals surface area contributed by atoms with Crippen molar-refractivity contribution in [1.82, 2.24) is 0 Å². The second-order valence-corrected chi connectivity index (χ2v) is 23.4. The quantitative estimate of drug-likeness (QED) is 0.0522. The SMILES string of the molecule is O=C(CCc1ccc(OCCS(=O)(=O)CCOC(c2ccc(Cl)cc2)c2ccc(Cl)cc2)cc1)C(F)(F)F.O=S(=O)(CCOc1ccc(CCC(O)C(F)(F)F)cc1)CCOC(c1ccc(Cl)cc1)c1ccc(Cl)cc1. The maximum Gasteiger partial charge on any atom is 0.449 e. The van der Waals surface area contributed by atoms with Crippen LogP contribution in [-0.2, 0) is 46.8 Å². The minimum absolute atomic E-state index is 0.0440. The molecule has 76 heavy (non-hydrogen) atoms. The number of carbonyl (C=O) groups excluding carboxylic acids is 1. The molecule has 6 aromatic carbocycles. The van der Waals surface area contributed by atoms with Crippen LogP contribution >= 0.6 is 46.4 Å². The minimum Gasteiger partial charge on any atom is -0.493 e. The molecule has 1 N–H and O–H groups in total. The lowest BCUT2D eigenvalue weighted by atomic mass is 10.0. The van der Waals surface area contributed by atoms with E-state index in [1.165, 1.54) is 24.3 Å². The van der Waals surface area contributed by atoms with Crippen LogP contribution in [0.1, 0.15) is 58.4 Å². The van der Waals surface area contributed by atoms with Crippen molar-refractivity contribution in [3.8, 4) is 11.5 Å². The van der Waals surface area contributed by atoms with Crippen molar-refractivity contribution < 1.29 is 72.0 Å². The molecule has 0 aliphatic rings. The van der Waals surface area contributed by atoms with Crippen LogP contribution < -0.4 is 9.47 Å². The molecule has 22 heteroatoms. The van der Waals surface area contributed by atoms with E-state index in [0.29, 0.717) is 42.7 Å². The zero-order chi connectivity index (χ0) is 55.5. The number of rotatable bonds is 26. The number of aliphatic hydroxyl groups is 1. The maximum absolute atomic E-state index is 12.5. The average molecular weight is 1180 g/mol. The molecular weight excluding hydrogens is 1130 g/mol. The molecule has 410 valence electrons. The Morgan fingerprint density at radius 2 is 0.763 bits per heavy atom. The Labute approximate surface area is 457 Å². The van der Waals surface area contributed by atoms with Crippen molar-refractivity contribution in [3.63, 3.8) is 0 Å². The normalized spacial score (nSPS) is 12.5. The topological polar surface area (TPSA) is 142 Å². The summed E-state index contributed by atoms with van der Waals surface area (Å²) in [5, 5.41) is 11.4. The van der Waals surface area contributed by atoms with Crippen LogP contribution in [0.5, 0.6) is 11.5 Å². The van der Waals surface area contributed by atoms with Gasteiger partial charge in [-0.1, -0.05) is 119 Å². The highest BCUT2D eigenvalue weighted by Crippen LogP contribution is 2.31. The maximum atomic E-state index is 12.5. The van der Waals surface area contributed by atoms with Gasteiger partial charge in [0, 0.05) is 26.5 Å². The number of aliphatic hydroxyl groups excluding tert-OH is 1. The fourth-order valence-electron chi connectivity index (χ4n) is 7.05. The van der Waals surface area contributed by atoms with Crippen molar-refractivity contribution >= 4 is 71.9 Å². The molecule has 0 aromatic heterocycles. The highest BCUT2D eigenvalue weighted by molar-refractivity contribution is 7.91.